The van der Waals surface area contributed by atoms with E-state index in [9.17, 15) is 18.0 Å². The highest BCUT2D eigenvalue weighted by atomic mass is 32.2. The Bertz CT molecular complexity index is 1100. The molecular formula is C19H18N2O5S. The molecule has 0 bridgehead atoms. The van der Waals surface area contributed by atoms with Gasteiger partial charge in [0.05, 0.1) is 30.1 Å². The lowest BCUT2D eigenvalue weighted by atomic mass is 10.2. The van der Waals surface area contributed by atoms with Crippen molar-refractivity contribution in [2.45, 2.75) is 0 Å². The van der Waals surface area contributed by atoms with E-state index in [-0.39, 0.29) is 5.56 Å². The first-order valence-electron chi connectivity index (χ1n) is 8.07. The molecule has 0 radical (unpaired) electrons. The van der Waals surface area contributed by atoms with E-state index in [0.717, 1.165) is 10.6 Å². The van der Waals surface area contributed by atoms with E-state index in [4.69, 9.17) is 4.74 Å². The number of carbonyl (C=O) groups excluding carboxylic acids is 2. The predicted molar refractivity (Wildman–Crippen MR) is 103 cm³/mol. The van der Waals surface area contributed by atoms with Gasteiger partial charge in [0.2, 0.25) is 10.0 Å². The molecule has 3 aromatic rings. The fraction of sp³-hybridized carbons (Fsp3) is 0.158. The van der Waals surface area contributed by atoms with Gasteiger partial charge >= 0.3 is 5.97 Å². The lowest BCUT2D eigenvalue weighted by Crippen LogP contribution is -2.36. The molecule has 0 aliphatic heterocycles. The summed E-state index contributed by atoms with van der Waals surface area (Å²) in [5, 5.41) is 0.559. The normalized spacial score (nSPS) is 11.3. The van der Waals surface area contributed by atoms with Gasteiger partial charge in [-0.2, -0.15) is 0 Å². The van der Waals surface area contributed by atoms with E-state index in [1.54, 1.807) is 54.6 Å². The Kier molecular flexibility index (Phi) is 5.00. The molecule has 2 aromatic carbocycles. The van der Waals surface area contributed by atoms with Crippen LogP contribution in [-0.2, 0) is 14.8 Å². The number of fused-ring (bicyclic) bond motifs is 1. The Morgan fingerprint density at radius 2 is 1.67 bits per heavy atom. The van der Waals surface area contributed by atoms with Crippen LogP contribution in [0.3, 0.4) is 0 Å². The molecule has 1 heterocycles. The zero-order valence-electron chi connectivity index (χ0n) is 14.8. The molecule has 0 amide bonds. The number of para-hydroxylation sites is 2. The van der Waals surface area contributed by atoms with Crippen LogP contribution in [0.4, 0.5) is 5.69 Å². The summed E-state index contributed by atoms with van der Waals surface area (Å²) in [6, 6.07) is 15.2. The number of benzene rings is 2. The van der Waals surface area contributed by atoms with Gasteiger partial charge in [0.1, 0.15) is 6.54 Å². The van der Waals surface area contributed by atoms with Crippen LogP contribution in [0.25, 0.3) is 10.9 Å². The highest BCUT2D eigenvalue weighted by molar-refractivity contribution is 7.92. The maximum absolute atomic E-state index is 12.9. The molecule has 0 spiro atoms. The topological polar surface area (TPSA) is 85.7 Å². The highest BCUT2D eigenvalue weighted by Crippen LogP contribution is 2.23. The Hall–Kier alpha value is -3.13. The van der Waals surface area contributed by atoms with Crippen molar-refractivity contribution in [3.63, 3.8) is 0 Å². The Labute approximate surface area is 156 Å². The van der Waals surface area contributed by atoms with Gasteiger partial charge in [-0.1, -0.05) is 36.4 Å². The van der Waals surface area contributed by atoms with Crippen LogP contribution in [0, 0.1) is 0 Å². The molecular weight excluding hydrogens is 368 g/mol. The summed E-state index contributed by atoms with van der Waals surface area (Å²) in [6.07, 6.45) is 2.42. The zero-order valence-corrected chi connectivity index (χ0v) is 15.6. The van der Waals surface area contributed by atoms with E-state index in [1.165, 1.54) is 17.9 Å². The van der Waals surface area contributed by atoms with Crippen LogP contribution < -0.4 is 4.31 Å². The Morgan fingerprint density at radius 1 is 1.04 bits per heavy atom. The number of sulfonamides is 1. The smallest absolute Gasteiger partial charge is 0.340 e. The van der Waals surface area contributed by atoms with Gasteiger partial charge < -0.3 is 4.74 Å². The van der Waals surface area contributed by atoms with Crippen molar-refractivity contribution < 1.29 is 22.7 Å². The van der Waals surface area contributed by atoms with Gasteiger partial charge in [-0.3, -0.25) is 13.7 Å². The summed E-state index contributed by atoms with van der Waals surface area (Å²) in [5.74, 6) is -1.06. The van der Waals surface area contributed by atoms with Crippen LogP contribution in [0.1, 0.15) is 15.2 Å². The summed E-state index contributed by atoms with van der Waals surface area (Å²) in [6.45, 7) is -0.401. The van der Waals surface area contributed by atoms with Crippen molar-refractivity contribution in [2.24, 2.45) is 0 Å². The largest absolute Gasteiger partial charge is 0.465 e. The average molecular weight is 386 g/mol. The van der Waals surface area contributed by atoms with Crippen LogP contribution in [0.15, 0.2) is 60.8 Å². The summed E-state index contributed by atoms with van der Waals surface area (Å²) in [7, 11) is -2.42. The molecule has 7 nitrogen and oxygen atoms in total. The number of aromatic nitrogens is 1. The molecule has 0 atom stereocenters. The van der Waals surface area contributed by atoms with E-state index in [1.807, 2.05) is 0 Å². The fourth-order valence-corrected chi connectivity index (χ4v) is 3.70. The van der Waals surface area contributed by atoms with Crippen LogP contribution >= 0.6 is 0 Å². The van der Waals surface area contributed by atoms with Gasteiger partial charge in [-0.05, 0) is 18.2 Å². The zero-order chi connectivity index (χ0) is 19.6. The monoisotopic (exact) mass is 386 g/mol. The number of nitrogens with zero attached hydrogens (tertiary/aromatic N) is 2. The molecule has 0 N–H and O–H groups in total. The van der Waals surface area contributed by atoms with Gasteiger partial charge in [0, 0.05) is 11.6 Å². The second-order valence-corrected chi connectivity index (χ2v) is 7.83. The molecule has 3 rings (SSSR count). The summed E-state index contributed by atoms with van der Waals surface area (Å²) < 4.78 is 31.5. The first-order valence-corrected chi connectivity index (χ1v) is 9.92. The molecule has 0 aliphatic carbocycles. The van der Waals surface area contributed by atoms with Gasteiger partial charge in [0.25, 0.3) is 5.91 Å². The second kappa shape index (κ2) is 7.24. The van der Waals surface area contributed by atoms with Gasteiger partial charge in [-0.25, -0.2) is 13.2 Å². The number of carbonyl (C=O) groups is 2. The molecule has 0 unspecified atom stereocenters. The van der Waals surface area contributed by atoms with Crippen molar-refractivity contribution in [2.75, 3.05) is 24.2 Å². The van der Waals surface area contributed by atoms with E-state index >= 15 is 0 Å². The molecule has 0 aliphatic rings. The fourth-order valence-electron chi connectivity index (χ4n) is 2.85. The van der Waals surface area contributed by atoms with Crippen molar-refractivity contribution in [1.29, 1.82) is 0 Å². The maximum atomic E-state index is 12.9. The number of hydrogen-bond acceptors (Lipinski definition) is 5. The number of methoxy groups -OCH3 is 1. The van der Waals surface area contributed by atoms with Gasteiger partial charge in [-0.15, -0.1) is 0 Å². The highest BCUT2D eigenvalue weighted by Gasteiger charge is 2.24. The lowest BCUT2D eigenvalue weighted by Gasteiger charge is -2.21. The van der Waals surface area contributed by atoms with Crippen molar-refractivity contribution in [3.05, 3.63) is 66.4 Å². The van der Waals surface area contributed by atoms with Crippen LogP contribution in [0.5, 0.6) is 0 Å². The third kappa shape index (κ3) is 3.70. The predicted octanol–water partition coefficient (Wildman–Crippen LogP) is 2.53. The van der Waals surface area contributed by atoms with Gasteiger partial charge in [0.15, 0.2) is 0 Å². The summed E-state index contributed by atoms with van der Waals surface area (Å²) in [5.41, 5.74) is 1.13. The first kappa shape index (κ1) is 18.7. The molecule has 0 saturated heterocycles. The molecule has 1 aromatic heterocycles. The standard InChI is InChI=1S/C19H18N2O5S/c1-26-19(23)16-12-20(17-11-7-6-10-15(16)17)18(22)13-21(27(2,24)25)14-8-4-3-5-9-14/h3-12H,13H2,1-2H3. The number of anilines is 1. The second-order valence-electron chi connectivity index (χ2n) is 5.92. The minimum Gasteiger partial charge on any atom is -0.465 e. The van der Waals surface area contributed by atoms with E-state index in [0.29, 0.717) is 16.6 Å². The van der Waals surface area contributed by atoms with Crippen molar-refractivity contribution >= 4 is 38.5 Å². The minimum atomic E-state index is -3.68. The SMILES string of the molecule is COC(=O)c1cn(C(=O)CN(c2ccccc2)S(C)(=O)=O)c2ccccc12. The molecule has 8 heteroatoms. The maximum Gasteiger partial charge on any atom is 0.340 e. The number of ether oxygens (including phenoxy) is 1. The molecule has 27 heavy (non-hydrogen) atoms. The quantitative estimate of drug-likeness (QED) is 0.629. The number of rotatable bonds is 5. The Balaban J connectivity index is 2.04. The third-order valence-corrected chi connectivity index (χ3v) is 5.25. The van der Waals surface area contributed by atoms with E-state index < -0.39 is 28.4 Å². The summed E-state index contributed by atoms with van der Waals surface area (Å²) >= 11 is 0. The van der Waals surface area contributed by atoms with Crippen LogP contribution in [-0.4, -0.2) is 44.8 Å². The third-order valence-electron chi connectivity index (χ3n) is 4.11. The average Bonchev–Trinajstić information content (AvgIpc) is 3.05. The summed E-state index contributed by atoms with van der Waals surface area (Å²) in [4.78, 5) is 24.9. The van der Waals surface area contributed by atoms with Crippen molar-refractivity contribution in [3.8, 4) is 0 Å². The molecule has 140 valence electrons. The molecule has 0 fully saturated rings. The lowest BCUT2D eigenvalue weighted by molar-refractivity contribution is 0.0603. The minimum absolute atomic E-state index is 0.243. The molecule has 0 saturated carbocycles. The van der Waals surface area contributed by atoms with Crippen LogP contribution in [0.2, 0.25) is 0 Å². The number of hydrogen-bond donors (Lipinski definition) is 0. The first-order chi connectivity index (χ1) is 12.8. The Morgan fingerprint density at radius 3 is 2.30 bits per heavy atom. The van der Waals surface area contributed by atoms with Crippen molar-refractivity contribution in [1.82, 2.24) is 4.57 Å². The van der Waals surface area contributed by atoms with E-state index in [2.05, 4.69) is 0 Å². The number of esters is 1.